The van der Waals surface area contributed by atoms with E-state index in [0.717, 1.165) is 12.0 Å². The van der Waals surface area contributed by atoms with Gasteiger partial charge in [0.1, 0.15) is 12.1 Å². The van der Waals surface area contributed by atoms with Gasteiger partial charge >= 0.3 is 5.97 Å². The van der Waals surface area contributed by atoms with E-state index in [0.29, 0.717) is 38.8 Å². The van der Waals surface area contributed by atoms with Gasteiger partial charge in [-0.3, -0.25) is 14.4 Å². The topological polar surface area (TPSA) is 223 Å². The Bertz CT molecular complexity index is 853. The average molecular weight is 523 g/mol. The molecule has 0 bridgehead atoms. The molecule has 0 heterocycles. The molecule has 1 aromatic rings. The van der Waals surface area contributed by atoms with Gasteiger partial charge in [-0.15, -0.1) is 0 Å². The molecule has 5 atom stereocenters. The van der Waals surface area contributed by atoms with Gasteiger partial charge in [0, 0.05) is 6.42 Å². The number of hydrogen-bond donors (Lipinski definition) is 8. The number of unbranched alkanes of at least 4 members (excludes halogenated alkanes) is 2. The number of aliphatic hydroxyl groups is 1. The highest BCUT2D eigenvalue weighted by atomic mass is 16.4. The van der Waals surface area contributed by atoms with Crippen LogP contribution < -0.4 is 33.2 Å². The number of aliphatic hydroxyl groups excluding tert-OH is 1. The minimum Gasteiger partial charge on any atom is -0.480 e. The van der Waals surface area contributed by atoms with Gasteiger partial charge in [-0.1, -0.05) is 36.8 Å². The molecule has 0 aliphatic heterocycles. The minimum absolute atomic E-state index is 0.0621. The maximum absolute atomic E-state index is 13.3. The van der Waals surface area contributed by atoms with E-state index in [1.54, 1.807) is 30.3 Å². The van der Waals surface area contributed by atoms with Crippen molar-refractivity contribution in [2.24, 2.45) is 17.2 Å². The summed E-state index contributed by atoms with van der Waals surface area (Å²) in [6.07, 6.45) is 1.96. The number of carboxylic acid groups (broad SMARTS) is 1. The molecule has 0 radical (unpaired) electrons. The van der Waals surface area contributed by atoms with Gasteiger partial charge in [0.25, 0.3) is 0 Å². The number of hydrogen-bond acceptors (Lipinski definition) is 8. The van der Waals surface area contributed by atoms with Gasteiger partial charge in [0.05, 0.1) is 12.1 Å². The molecule has 1 aromatic carbocycles. The van der Waals surface area contributed by atoms with E-state index in [1.807, 2.05) is 0 Å². The predicted octanol–water partition coefficient (Wildman–Crippen LogP) is -1.27. The van der Waals surface area contributed by atoms with E-state index in [9.17, 15) is 29.4 Å². The molecule has 0 aromatic heterocycles. The van der Waals surface area contributed by atoms with E-state index in [1.165, 1.54) is 6.92 Å². The number of benzene rings is 1. The summed E-state index contributed by atoms with van der Waals surface area (Å²) in [5, 5.41) is 26.7. The van der Waals surface area contributed by atoms with Crippen molar-refractivity contribution in [2.75, 3.05) is 13.1 Å². The summed E-state index contributed by atoms with van der Waals surface area (Å²) in [5.41, 5.74) is 17.8. The van der Waals surface area contributed by atoms with Gasteiger partial charge < -0.3 is 43.4 Å². The molecule has 0 aliphatic rings. The molecule has 0 fully saturated rings. The van der Waals surface area contributed by atoms with Crippen molar-refractivity contribution >= 4 is 23.7 Å². The Balaban J connectivity index is 3.06. The van der Waals surface area contributed by atoms with Crippen LogP contribution in [0.3, 0.4) is 0 Å². The molecular formula is C25H42N6O6. The SMILES string of the molecule is CC(O)C(NC(=O)C(Cc1ccccc1)NC(=O)C(CCCCN)NC(=O)C(N)CCCCN)C(=O)O. The molecule has 11 N–H and O–H groups in total. The van der Waals surface area contributed by atoms with Crippen molar-refractivity contribution in [1.82, 2.24) is 16.0 Å². The average Bonchev–Trinajstić information content (AvgIpc) is 2.86. The largest absolute Gasteiger partial charge is 0.480 e. The third-order valence-corrected chi connectivity index (χ3v) is 5.85. The number of nitrogens with one attached hydrogen (secondary N) is 3. The Morgan fingerprint density at radius 3 is 1.89 bits per heavy atom. The number of rotatable bonds is 18. The highest BCUT2D eigenvalue weighted by molar-refractivity contribution is 5.94. The third-order valence-electron chi connectivity index (χ3n) is 5.85. The second kappa shape index (κ2) is 17.4. The van der Waals surface area contributed by atoms with Crippen LogP contribution in [-0.4, -0.2) is 77.3 Å². The van der Waals surface area contributed by atoms with Crippen LogP contribution in [0, 0.1) is 0 Å². The van der Waals surface area contributed by atoms with Crippen molar-refractivity contribution in [3.63, 3.8) is 0 Å². The molecule has 208 valence electrons. The van der Waals surface area contributed by atoms with Crippen LogP contribution in [0.15, 0.2) is 30.3 Å². The molecule has 12 heteroatoms. The monoisotopic (exact) mass is 522 g/mol. The Morgan fingerprint density at radius 2 is 1.35 bits per heavy atom. The standard InChI is InChI=1S/C25H42N6O6/c1-16(32)21(25(36)37)31-24(35)20(15-17-9-3-2-4-10-17)30-23(34)19(12-6-8-14-27)29-22(33)18(28)11-5-7-13-26/h2-4,9-10,16,18-21,32H,5-8,11-15,26-28H2,1H3,(H,29,33)(H,30,34)(H,31,35)(H,36,37). The zero-order chi connectivity index (χ0) is 27.8. The van der Waals surface area contributed by atoms with Crippen LogP contribution in [0.2, 0.25) is 0 Å². The van der Waals surface area contributed by atoms with Gasteiger partial charge in [-0.2, -0.15) is 0 Å². The second-order valence-corrected chi connectivity index (χ2v) is 9.05. The molecule has 12 nitrogen and oxygen atoms in total. The Morgan fingerprint density at radius 1 is 0.811 bits per heavy atom. The number of aliphatic carboxylic acids is 1. The minimum atomic E-state index is -1.56. The van der Waals surface area contributed by atoms with E-state index >= 15 is 0 Å². The summed E-state index contributed by atoms with van der Waals surface area (Å²) >= 11 is 0. The van der Waals surface area contributed by atoms with Gasteiger partial charge in [-0.25, -0.2) is 4.79 Å². The van der Waals surface area contributed by atoms with Gasteiger partial charge in [-0.05, 0) is 57.7 Å². The van der Waals surface area contributed by atoms with E-state index in [4.69, 9.17) is 17.2 Å². The first kappa shape index (κ1) is 32.0. The number of carbonyl (C=O) groups is 4. The predicted molar refractivity (Wildman–Crippen MR) is 139 cm³/mol. The Hall–Kier alpha value is -3.06. The van der Waals surface area contributed by atoms with Gasteiger partial charge in [0.2, 0.25) is 17.7 Å². The zero-order valence-electron chi connectivity index (χ0n) is 21.4. The summed E-state index contributed by atoms with van der Waals surface area (Å²) in [6.45, 7) is 2.14. The van der Waals surface area contributed by atoms with Crippen molar-refractivity contribution in [1.29, 1.82) is 0 Å². The van der Waals surface area contributed by atoms with Crippen LogP contribution in [-0.2, 0) is 25.6 Å². The van der Waals surface area contributed by atoms with Crippen LogP contribution in [0.5, 0.6) is 0 Å². The normalized spacial score (nSPS) is 15.1. The molecule has 0 saturated carbocycles. The van der Waals surface area contributed by atoms with Crippen molar-refractivity contribution in [3.05, 3.63) is 35.9 Å². The van der Waals surface area contributed by atoms with Crippen LogP contribution in [0.25, 0.3) is 0 Å². The van der Waals surface area contributed by atoms with E-state index in [-0.39, 0.29) is 12.8 Å². The summed E-state index contributed by atoms with van der Waals surface area (Å²) in [4.78, 5) is 50.4. The van der Waals surface area contributed by atoms with Crippen molar-refractivity contribution < 1.29 is 29.4 Å². The summed E-state index contributed by atoms with van der Waals surface area (Å²) in [7, 11) is 0. The molecular weight excluding hydrogens is 480 g/mol. The number of amides is 3. The molecule has 0 spiro atoms. The fourth-order valence-corrected chi connectivity index (χ4v) is 3.65. The van der Waals surface area contributed by atoms with Crippen molar-refractivity contribution in [2.45, 2.75) is 82.1 Å². The van der Waals surface area contributed by atoms with Crippen LogP contribution in [0.4, 0.5) is 0 Å². The molecule has 1 rings (SSSR count). The lowest BCUT2D eigenvalue weighted by Gasteiger charge is -2.26. The second-order valence-electron chi connectivity index (χ2n) is 9.05. The lowest BCUT2D eigenvalue weighted by molar-refractivity contribution is -0.145. The lowest BCUT2D eigenvalue weighted by Crippen LogP contribution is -2.58. The summed E-state index contributed by atoms with van der Waals surface area (Å²) < 4.78 is 0. The molecule has 0 aliphatic carbocycles. The molecule has 5 unspecified atom stereocenters. The van der Waals surface area contributed by atoms with E-state index in [2.05, 4.69) is 16.0 Å². The maximum Gasteiger partial charge on any atom is 0.328 e. The molecule has 0 saturated heterocycles. The highest BCUT2D eigenvalue weighted by Crippen LogP contribution is 2.08. The fraction of sp³-hybridized carbons (Fsp3) is 0.600. The van der Waals surface area contributed by atoms with Gasteiger partial charge in [0.15, 0.2) is 6.04 Å². The molecule has 3 amide bonds. The van der Waals surface area contributed by atoms with Crippen molar-refractivity contribution in [3.8, 4) is 0 Å². The third kappa shape index (κ3) is 12.2. The lowest BCUT2D eigenvalue weighted by atomic mass is 10.0. The smallest absolute Gasteiger partial charge is 0.328 e. The summed E-state index contributed by atoms with van der Waals surface area (Å²) in [5.74, 6) is -3.30. The first-order chi connectivity index (χ1) is 17.6. The highest BCUT2D eigenvalue weighted by Gasteiger charge is 2.32. The quantitative estimate of drug-likeness (QED) is 0.107. The number of carboxylic acids is 1. The first-order valence-electron chi connectivity index (χ1n) is 12.6. The van der Waals surface area contributed by atoms with Crippen LogP contribution in [0.1, 0.15) is 51.0 Å². The fourth-order valence-electron chi connectivity index (χ4n) is 3.65. The Kier molecular flexibility index (Phi) is 15.0. The van der Waals surface area contributed by atoms with E-state index < -0.39 is 54.0 Å². The zero-order valence-corrected chi connectivity index (χ0v) is 21.4. The summed E-state index contributed by atoms with van der Waals surface area (Å²) in [6, 6.07) is 4.34. The molecule has 37 heavy (non-hydrogen) atoms. The Labute approximate surface area is 217 Å². The first-order valence-corrected chi connectivity index (χ1v) is 12.6. The van der Waals surface area contributed by atoms with Crippen LogP contribution >= 0.6 is 0 Å². The maximum atomic E-state index is 13.3. The number of nitrogens with two attached hydrogens (primary N) is 3. The number of carbonyl (C=O) groups excluding carboxylic acids is 3.